The number of hydrogen-bond acceptors (Lipinski definition) is 5. The largest absolute Gasteiger partial charge is 0.497 e. The first-order valence-electron chi connectivity index (χ1n) is 7.86. The van der Waals surface area contributed by atoms with Crippen LogP contribution in [0.2, 0.25) is 5.02 Å². The fourth-order valence-corrected chi connectivity index (χ4v) is 2.50. The topological polar surface area (TPSA) is 59.1 Å². The molecule has 25 heavy (non-hydrogen) atoms. The molecule has 2 N–H and O–H groups in total. The average molecular weight is 355 g/mol. The molecule has 5 nitrogen and oxygen atoms in total. The minimum atomic E-state index is 0.663. The number of ether oxygens (including phenoxy) is 1. The van der Waals surface area contributed by atoms with Gasteiger partial charge < -0.3 is 15.4 Å². The first kappa shape index (κ1) is 17.0. The zero-order chi connectivity index (χ0) is 17.6. The van der Waals surface area contributed by atoms with E-state index in [9.17, 15) is 0 Å². The number of rotatable bonds is 6. The number of hydrogen-bond donors (Lipinski definition) is 2. The number of nitrogens with one attached hydrogen (secondary N) is 2. The standard InChI is InChI=1S/C19H19ClN4O/c1-13-3-6-15(20)9-17(13)24-19-10-18(22-12-23-19)21-11-14-4-7-16(25-2)8-5-14/h3-10,12H,11H2,1-2H3,(H2,21,22,23,24). The van der Waals surface area contributed by atoms with Gasteiger partial charge in [-0.25, -0.2) is 9.97 Å². The zero-order valence-electron chi connectivity index (χ0n) is 14.1. The minimum absolute atomic E-state index is 0.663. The Morgan fingerprint density at radius 1 is 1.00 bits per heavy atom. The summed E-state index contributed by atoms with van der Waals surface area (Å²) in [6.07, 6.45) is 1.53. The summed E-state index contributed by atoms with van der Waals surface area (Å²) in [5.74, 6) is 2.29. The lowest BCUT2D eigenvalue weighted by Gasteiger charge is -2.11. The van der Waals surface area contributed by atoms with Crippen LogP contribution in [0.3, 0.4) is 0 Å². The molecule has 0 aliphatic carbocycles. The maximum atomic E-state index is 6.06. The Morgan fingerprint density at radius 3 is 2.52 bits per heavy atom. The Morgan fingerprint density at radius 2 is 1.76 bits per heavy atom. The van der Waals surface area contributed by atoms with Gasteiger partial charge in [0.25, 0.3) is 0 Å². The molecule has 0 fully saturated rings. The number of nitrogens with zero attached hydrogens (tertiary/aromatic N) is 2. The lowest BCUT2D eigenvalue weighted by atomic mass is 10.2. The van der Waals surface area contributed by atoms with Gasteiger partial charge in [-0.05, 0) is 42.3 Å². The van der Waals surface area contributed by atoms with E-state index < -0.39 is 0 Å². The van der Waals surface area contributed by atoms with Crippen LogP contribution in [0.15, 0.2) is 54.9 Å². The van der Waals surface area contributed by atoms with Crippen molar-refractivity contribution in [3.05, 3.63) is 71.0 Å². The van der Waals surface area contributed by atoms with E-state index in [2.05, 4.69) is 20.6 Å². The fourth-order valence-electron chi connectivity index (χ4n) is 2.33. The van der Waals surface area contributed by atoms with Crippen LogP contribution < -0.4 is 15.4 Å². The van der Waals surface area contributed by atoms with Crippen molar-refractivity contribution in [3.8, 4) is 5.75 Å². The van der Waals surface area contributed by atoms with Gasteiger partial charge in [-0.1, -0.05) is 29.8 Å². The molecular formula is C19H19ClN4O. The molecule has 0 radical (unpaired) electrons. The van der Waals surface area contributed by atoms with E-state index >= 15 is 0 Å². The highest BCUT2D eigenvalue weighted by Crippen LogP contribution is 2.24. The predicted molar refractivity (Wildman–Crippen MR) is 102 cm³/mol. The molecule has 0 saturated heterocycles. The van der Waals surface area contributed by atoms with Crippen LogP contribution in [0.25, 0.3) is 0 Å². The van der Waals surface area contributed by atoms with E-state index in [0.29, 0.717) is 17.4 Å². The molecule has 3 aromatic rings. The maximum Gasteiger partial charge on any atom is 0.135 e. The molecular weight excluding hydrogens is 336 g/mol. The summed E-state index contributed by atoms with van der Waals surface area (Å²) in [6, 6.07) is 15.5. The van der Waals surface area contributed by atoms with Crippen LogP contribution in [-0.4, -0.2) is 17.1 Å². The van der Waals surface area contributed by atoms with Crippen molar-refractivity contribution in [3.63, 3.8) is 0 Å². The fraction of sp³-hybridized carbons (Fsp3) is 0.158. The molecule has 0 unspecified atom stereocenters. The lowest BCUT2D eigenvalue weighted by Crippen LogP contribution is -2.03. The van der Waals surface area contributed by atoms with E-state index in [1.165, 1.54) is 6.33 Å². The summed E-state index contributed by atoms with van der Waals surface area (Å²) in [7, 11) is 1.66. The number of aryl methyl sites for hydroxylation is 1. The Balaban J connectivity index is 1.67. The maximum absolute atomic E-state index is 6.06. The van der Waals surface area contributed by atoms with E-state index in [1.807, 2.05) is 55.5 Å². The third kappa shape index (κ3) is 4.61. The van der Waals surface area contributed by atoms with E-state index in [4.69, 9.17) is 16.3 Å². The second-order valence-electron chi connectivity index (χ2n) is 5.57. The van der Waals surface area contributed by atoms with Crippen LogP contribution in [0.1, 0.15) is 11.1 Å². The number of benzene rings is 2. The van der Waals surface area contributed by atoms with E-state index in [0.717, 1.165) is 28.4 Å². The molecule has 0 aliphatic heterocycles. The van der Waals surface area contributed by atoms with Crippen molar-refractivity contribution in [1.29, 1.82) is 0 Å². The highest BCUT2D eigenvalue weighted by Gasteiger charge is 2.03. The van der Waals surface area contributed by atoms with Crippen LogP contribution >= 0.6 is 11.6 Å². The molecule has 0 amide bonds. The van der Waals surface area contributed by atoms with Crippen molar-refractivity contribution < 1.29 is 4.74 Å². The van der Waals surface area contributed by atoms with Crippen LogP contribution in [0, 0.1) is 6.92 Å². The molecule has 3 rings (SSSR count). The van der Waals surface area contributed by atoms with Crippen molar-refractivity contribution in [2.45, 2.75) is 13.5 Å². The summed E-state index contributed by atoms with van der Waals surface area (Å²) in [4.78, 5) is 8.52. The summed E-state index contributed by atoms with van der Waals surface area (Å²) >= 11 is 6.06. The molecule has 1 aromatic heterocycles. The molecule has 0 spiro atoms. The van der Waals surface area contributed by atoms with Gasteiger partial charge in [0.1, 0.15) is 23.7 Å². The predicted octanol–water partition coefficient (Wildman–Crippen LogP) is 4.80. The van der Waals surface area contributed by atoms with Crippen molar-refractivity contribution in [2.75, 3.05) is 17.7 Å². The molecule has 0 bridgehead atoms. The Hall–Kier alpha value is -2.79. The normalized spacial score (nSPS) is 10.4. The summed E-state index contributed by atoms with van der Waals surface area (Å²) in [5.41, 5.74) is 3.16. The Labute approximate surface area is 152 Å². The SMILES string of the molecule is COc1ccc(CNc2cc(Nc3cc(Cl)ccc3C)ncn2)cc1. The van der Waals surface area contributed by atoms with Gasteiger partial charge in [-0.15, -0.1) is 0 Å². The third-order valence-electron chi connectivity index (χ3n) is 3.76. The van der Waals surface area contributed by atoms with Gasteiger partial charge >= 0.3 is 0 Å². The van der Waals surface area contributed by atoms with Crippen molar-refractivity contribution in [1.82, 2.24) is 9.97 Å². The Kier molecular flexibility index (Phi) is 5.36. The van der Waals surface area contributed by atoms with E-state index in [1.54, 1.807) is 7.11 Å². The molecule has 0 saturated carbocycles. The highest BCUT2D eigenvalue weighted by molar-refractivity contribution is 6.30. The van der Waals surface area contributed by atoms with E-state index in [-0.39, 0.29) is 0 Å². The van der Waals surface area contributed by atoms with Gasteiger partial charge in [0.15, 0.2) is 0 Å². The first-order chi connectivity index (χ1) is 12.1. The molecule has 0 atom stereocenters. The van der Waals surface area contributed by atoms with Gasteiger partial charge in [0.2, 0.25) is 0 Å². The summed E-state index contributed by atoms with van der Waals surface area (Å²) in [6.45, 7) is 2.68. The average Bonchev–Trinajstić information content (AvgIpc) is 2.64. The van der Waals surface area contributed by atoms with Gasteiger partial charge in [-0.3, -0.25) is 0 Å². The lowest BCUT2D eigenvalue weighted by molar-refractivity contribution is 0.414. The Bertz CT molecular complexity index is 852. The minimum Gasteiger partial charge on any atom is -0.497 e. The van der Waals surface area contributed by atoms with Gasteiger partial charge in [-0.2, -0.15) is 0 Å². The smallest absolute Gasteiger partial charge is 0.135 e. The van der Waals surface area contributed by atoms with Crippen LogP contribution in [-0.2, 0) is 6.54 Å². The molecule has 0 aliphatic rings. The number of methoxy groups -OCH3 is 1. The zero-order valence-corrected chi connectivity index (χ0v) is 14.8. The molecule has 2 aromatic carbocycles. The number of halogens is 1. The second-order valence-corrected chi connectivity index (χ2v) is 6.01. The van der Waals surface area contributed by atoms with Gasteiger partial charge in [0, 0.05) is 23.3 Å². The second kappa shape index (κ2) is 7.85. The molecule has 6 heteroatoms. The monoisotopic (exact) mass is 354 g/mol. The molecule has 1 heterocycles. The molecule has 128 valence electrons. The number of aromatic nitrogens is 2. The van der Waals surface area contributed by atoms with Crippen molar-refractivity contribution in [2.24, 2.45) is 0 Å². The van der Waals surface area contributed by atoms with Gasteiger partial charge in [0.05, 0.1) is 7.11 Å². The first-order valence-corrected chi connectivity index (χ1v) is 8.24. The van der Waals surface area contributed by atoms with Crippen LogP contribution in [0.4, 0.5) is 17.3 Å². The highest BCUT2D eigenvalue weighted by atomic mass is 35.5. The number of anilines is 3. The quantitative estimate of drug-likeness (QED) is 0.665. The summed E-state index contributed by atoms with van der Waals surface area (Å²) < 4.78 is 5.16. The van der Waals surface area contributed by atoms with Crippen LogP contribution in [0.5, 0.6) is 5.75 Å². The third-order valence-corrected chi connectivity index (χ3v) is 4.00. The summed E-state index contributed by atoms with van der Waals surface area (Å²) in [5, 5.41) is 7.25. The van der Waals surface area contributed by atoms with Crippen molar-refractivity contribution >= 4 is 28.9 Å².